The summed E-state index contributed by atoms with van der Waals surface area (Å²) in [6.45, 7) is 5.93. The van der Waals surface area contributed by atoms with E-state index in [9.17, 15) is 0 Å². The number of rotatable bonds is 4. The Hall–Kier alpha value is -0.200. The first kappa shape index (κ1) is 11.3. The molecule has 84 valence electrons. The largest absolute Gasteiger partial charge is 0.301 e. The Labute approximate surface area is 97.0 Å². The van der Waals surface area contributed by atoms with Gasteiger partial charge in [-0.1, -0.05) is 6.92 Å². The van der Waals surface area contributed by atoms with Crippen molar-refractivity contribution in [1.29, 1.82) is 5.26 Å². The van der Waals surface area contributed by atoms with Crippen molar-refractivity contribution < 1.29 is 0 Å². The first-order chi connectivity index (χ1) is 7.28. The molecular weight excluding hydrogens is 204 g/mol. The van der Waals surface area contributed by atoms with E-state index in [4.69, 9.17) is 5.26 Å². The van der Waals surface area contributed by atoms with Gasteiger partial charge in [0.25, 0.3) is 0 Å². The number of thioether (sulfide) groups is 1. The van der Waals surface area contributed by atoms with Crippen LogP contribution >= 0.6 is 11.8 Å². The molecule has 1 unspecified atom stereocenters. The van der Waals surface area contributed by atoms with Crippen LogP contribution in [-0.4, -0.2) is 35.5 Å². The highest BCUT2D eigenvalue weighted by molar-refractivity contribution is 8.00. The van der Waals surface area contributed by atoms with Gasteiger partial charge in [-0.3, -0.25) is 0 Å². The van der Waals surface area contributed by atoms with Gasteiger partial charge >= 0.3 is 0 Å². The fourth-order valence-electron chi connectivity index (χ4n) is 2.38. The Morgan fingerprint density at radius 2 is 2.33 bits per heavy atom. The molecule has 0 amide bonds. The third kappa shape index (κ3) is 2.89. The van der Waals surface area contributed by atoms with Crippen molar-refractivity contribution in [3.05, 3.63) is 0 Å². The Morgan fingerprint density at radius 1 is 1.53 bits per heavy atom. The lowest BCUT2D eigenvalue weighted by Gasteiger charge is -2.34. The van der Waals surface area contributed by atoms with Crippen LogP contribution in [-0.2, 0) is 0 Å². The molecule has 2 aliphatic rings. The molecule has 2 nitrogen and oxygen atoms in total. The molecule has 2 rings (SSSR count). The van der Waals surface area contributed by atoms with E-state index in [0.29, 0.717) is 5.41 Å². The third-order valence-electron chi connectivity index (χ3n) is 3.65. The molecule has 0 N–H and O–H groups in total. The zero-order valence-corrected chi connectivity index (χ0v) is 10.4. The fourth-order valence-corrected chi connectivity index (χ4v) is 3.63. The Balaban J connectivity index is 1.82. The van der Waals surface area contributed by atoms with Gasteiger partial charge in [0.15, 0.2) is 0 Å². The second-order valence-electron chi connectivity index (χ2n) is 4.97. The summed E-state index contributed by atoms with van der Waals surface area (Å²) in [5.41, 5.74) is 0.398. The van der Waals surface area contributed by atoms with Crippen LogP contribution in [0.1, 0.15) is 32.6 Å². The highest BCUT2D eigenvalue weighted by atomic mass is 32.2. The van der Waals surface area contributed by atoms with Crippen LogP contribution in [0.5, 0.6) is 0 Å². The van der Waals surface area contributed by atoms with Gasteiger partial charge < -0.3 is 4.90 Å². The summed E-state index contributed by atoms with van der Waals surface area (Å²) in [6.07, 6.45) is 4.61. The maximum Gasteiger partial charge on any atom is 0.0628 e. The van der Waals surface area contributed by atoms with E-state index in [1.54, 1.807) is 0 Å². The summed E-state index contributed by atoms with van der Waals surface area (Å²) in [5.74, 6) is 1.28. The fraction of sp³-hybridized carbons (Fsp3) is 0.917. The highest BCUT2D eigenvalue weighted by Gasteiger charge is 2.44. The van der Waals surface area contributed by atoms with Crippen molar-refractivity contribution in [3.63, 3.8) is 0 Å². The Bertz CT molecular complexity index is 255. The van der Waals surface area contributed by atoms with Crippen molar-refractivity contribution in [2.75, 3.05) is 25.4 Å². The monoisotopic (exact) mass is 224 g/mol. The Kier molecular flexibility index (Phi) is 3.58. The van der Waals surface area contributed by atoms with Gasteiger partial charge in [-0.2, -0.15) is 17.0 Å². The molecule has 15 heavy (non-hydrogen) atoms. The van der Waals surface area contributed by atoms with E-state index in [0.717, 1.165) is 11.7 Å². The lowest BCUT2D eigenvalue weighted by atomic mass is 10.0. The third-order valence-corrected chi connectivity index (χ3v) is 5.02. The average Bonchev–Trinajstić information content (AvgIpc) is 2.99. The molecule has 1 saturated carbocycles. The first-order valence-electron chi connectivity index (χ1n) is 5.99. The SMILES string of the molecule is CCC1CN(CC2(CC#N)CC2)CCS1. The molecule has 0 radical (unpaired) electrons. The molecule has 1 aliphatic carbocycles. The minimum Gasteiger partial charge on any atom is -0.301 e. The quantitative estimate of drug-likeness (QED) is 0.734. The maximum absolute atomic E-state index is 8.80. The molecular formula is C12H20N2S. The summed E-state index contributed by atoms with van der Waals surface area (Å²) in [4.78, 5) is 2.59. The molecule has 0 spiro atoms. The van der Waals surface area contributed by atoms with Crippen LogP contribution in [0.2, 0.25) is 0 Å². The van der Waals surface area contributed by atoms with E-state index in [2.05, 4.69) is 29.7 Å². The molecule has 1 heterocycles. The van der Waals surface area contributed by atoms with Crippen LogP contribution < -0.4 is 0 Å². The van der Waals surface area contributed by atoms with Gasteiger partial charge in [-0.15, -0.1) is 0 Å². The molecule has 0 aromatic rings. The topological polar surface area (TPSA) is 27.0 Å². The predicted octanol–water partition coefficient (Wildman–Crippen LogP) is 2.51. The van der Waals surface area contributed by atoms with Crippen molar-refractivity contribution in [2.24, 2.45) is 5.41 Å². The van der Waals surface area contributed by atoms with Gasteiger partial charge in [-0.05, 0) is 24.7 Å². The molecule has 2 fully saturated rings. The van der Waals surface area contributed by atoms with Crippen molar-refractivity contribution >= 4 is 11.8 Å². The van der Waals surface area contributed by atoms with Crippen molar-refractivity contribution in [2.45, 2.75) is 37.9 Å². The predicted molar refractivity (Wildman–Crippen MR) is 64.9 cm³/mol. The second kappa shape index (κ2) is 4.76. The molecule has 1 atom stereocenters. The molecule has 0 bridgehead atoms. The number of hydrogen-bond donors (Lipinski definition) is 0. The summed E-state index contributed by atoms with van der Waals surface area (Å²) in [7, 11) is 0. The van der Waals surface area contributed by atoms with Crippen LogP contribution in [0.4, 0.5) is 0 Å². The second-order valence-corrected chi connectivity index (χ2v) is 6.38. The Morgan fingerprint density at radius 3 is 2.93 bits per heavy atom. The van der Waals surface area contributed by atoms with Gasteiger partial charge in [0.2, 0.25) is 0 Å². The van der Waals surface area contributed by atoms with Crippen LogP contribution in [0.25, 0.3) is 0 Å². The summed E-state index contributed by atoms with van der Waals surface area (Å²) in [5, 5.41) is 9.63. The minimum absolute atomic E-state index is 0.398. The molecule has 1 aliphatic heterocycles. The van der Waals surface area contributed by atoms with Crippen molar-refractivity contribution in [1.82, 2.24) is 4.90 Å². The maximum atomic E-state index is 8.80. The van der Waals surface area contributed by atoms with Crippen LogP contribution in [0.15, 0.2) is 0 Å². The van der Waals surface area contributed by atoms with E-state index < -0.39 is 0 Å². The van der Waals surface area contributed by atoms with E-state index in [-0.39, 0.29) is 0 Å². The molecule has 1 saturated heterocycles. The van der Waals surface area contributed by atoms with E-state index in [1.807, 2.05) is 0 Å². The van der Waals surface area contributed by atoms with E-state index in [1.165, 1.54) is 44.6 Å². The van der Waals surface area contributed by atoms with E-state index >= 15 is 0 Å². The van der Waals surface area contributed by atoms with Gasteiger partial charge in [0.05, 0.1) is 6.07 Å². The molecule has 0 aromatic heterocycles. The minimum atomic E-state index is 0.398. The highest BCUT2D eigenvalue weighted by Crippen LogP contribution is 2.49. The van der Waals surface area contributed by atoms with Crippen LogP contribution in [0.3, 0.4) is 0 Å². The standard InChI is InChI=1S/C12H20N2S/c1-2-11-9-14(7-8-15-11)10-12(3-4-12)5-6-13/h11H,2-5,7-10H2,1H3. The molecule has 3 heteroatoms. The zero-order valence-electron chi connectivity index (χ0n) is 9.54. The van der Waals surface area contributed by atoms with Gasteiger partial charge in [0, 0.05) is 37.1 Å². The van der Waals surface area contributed by atoms with Crippen molar-refractivity contribution in [3.8, 4) is 6.07 Å². The summed E-state index contributed by atoms with van der Waals surface area (Å²) < 4.78 is 0. The van der Waals surface area contributed by atoms with Crippen LogP contribution in [0, 0.1) is 16.7 Å². The average molecular weight is 224 g/mol. The zero-order chi connectivity index (χ0) is 10.7. The molecule has 0 aromatic carbocycles. The number of nitriles is 1. The summed E-state index contributed by atoms with van der Waals surface area (Å²) in [6, 6.07) is 2.35. The normalized spacial score (nSPS) is 29.7. The van der Waals surface area contributed by atoms with Gasteiger partial charge in [-0.25, -0.2) is 0 Å². The number of hydrogen-bond acceptors (Lipinski definition) is 3. The smallest absolute Gasteiger partial charge is 0.0628 e. The number of nitrogens with zero attached hydrogens (tertiary/aromatic N) is 2. The summed E-state index contributed by atoms with van der Waals surface area (Å²) >= 11 is 2.12. The van der Waals surface area contributed by atoms with Gasteiger partial charge in [0.1, 0.15) is 0 Å². The first-order valence-corrected chi connectivity index (χ1v) is 7.04. The lowest BCUT2D eigenvalue weighted by molar-refractivity contribution is 0.226. The lowest BCUT2D eigenvalue weighted by Crippen LogP contribution is -2.40.